The minimum atomic E-state index is -0.0558. The highest BCUT2D eigenvalue weighted by atomic mass is 35.5. The summed E-state index contributed by atoms with van der Waals surface area (Å²) in [6, 6.07) is 6.06. The molecule has 0 radical (unpaired) electrons. The normalized spacial score (nSPS) is 22.2. The van der Waals surface area contributed by atoms with E-state index in [0.29, 0.717) is 5.91 Å². The van der Waals surface area contributed by atoms with Gasteiger partial charge in [0.15, 0.2) is 0 Å². The van der Waals surface area contributed by atoms with Gasteiger partial charge in [0.25, 0.3) is 0 Å². The van der Waals surface area contributed by atoms with Crippen LogP contribution in [0, 0.1) is 0 Å². The molecule has 0 unspecified atom stereocenters. The first-order valence-electron chi connectivity index (χ1n) is 11.6. The highest BCUT2D eigenvalue weighted by Gasteiger charge is 2.47. The molecule has 8 heteroatoms. The number of thioether (sulfide) groups is 1. The molecule has 1 amide bonds. The number of carbonyl (C=O) groups is 1. The molecule has 168 valence electrons. The number of benzene rings is 1. The van der Waals surface area contributed by atoms with E-state index in [2.05, 4.69) is 20.8 Å². The summed E-state index contributed by atoms with van der Waals surface area (Å²) in [7, 11) is 0. The molecule has 1 aromatic carbocycles. The Kier molecular flexibility index (Phi) is 6.65. The third kappa shape index (κ3) is 4.56. The second-order valence-electron chi connectivity index (χ2n) is 9.08. The summed E-state index contributed by atoms with van der Waals surface area (Å²) in [5.41, 5.74) is 0. The Morgan fingerprint density at radius 3 is 2.61 bits per heavy atom. The van der Waals surface area contributed by atoms with Crippen molar-refractivity contribution < 1.29 is 4.79 Å². The summed E-state index contributed by atoms with van der Waals surface area (Å²) in [5.74, 6) is 2.45. The number of piperazine rings is 1. The fraction of sp³-hybridized carbons (Fsp3) is 0.652. The van der Waals surface area contributed by atoms with E-state index in [1.807, 2.05) is 23.9 Å². The second kappa shape index (κ2) is 9.46. The Bertz CT molecular complexity index is 921. The van der Waals surface area contributed by atoms with Gasteiger partial charge in [-0.1, -0.05) is 30.9 Å². The second-order valence-corrected chi connectivity index (χ2v) is 11.6. The van der Waals surface area contributed by atoms with E-state index < -0.39 is 0 Å². The molecule has 1 spiro atoms. The van der Waals surface area contributed by atoms with Gasteiger partial charge in [-0.25, -0.2) is 0 Å². The monoisotopic (exact) mass is 478 g/mol. The number of amides is 1. The third-order valence-electron chi connectivity index (χ3n) is 7.07. The van der Waals surface area contributed by atoms with Crippen molar-refractivity contribution in [3.05, 3.63) is 23.2 Å². The standard InChI is InChI=1S/C23H31ClN4OS2/c24-18-6-7-19-20(16-18)31-25-21(19)27-14-12-26(13-15-27)10-4-5-11-28-17-30-23(22(28)29)8-2-1-3-9-23/h6-7,16H,1-5,8-15,17H2. The molecule has 5 rings (SSSR count). The molecular formula is C23H31ClN4OS2. The average Bonchev–Trinajstić information content (AvgIpc) is 3.34. The Morgan fingerprint density at radius 2 is 1.81 bits per heavy atom. The van der Waals surface area contributed by atoms with Gasteiger partial charge in [-0.05, 0) is 62.0 Å². The zero-order valence-corrected chi connectivity index (χ0v) is 20.4. The molecule has 3 fully saturated rings. The molecule has 3 aliphatic rings. The summed E-state index contributed by atoms with van der Waals surface area (Å²) >= 11 is 9.57. The predicted octanol–water partition coefficient (Wildman–Crippen LogP) is 5.09. The number of anilines is 1. The van der Waals surface area contributed by atoms with E-state index in [0.717, 1.165) is 79.9 Å². The minimum absolute atomic E-state index is 0.0558. The van der Waals surface area contributed by atoms with Crippen LogP contribution in [-0.4, -0.2) is 70.0 Å². The van der Waals surface area contributed by atoms with Crippen molar-refractivity contribution in [2.45, 2.75) is 49.7 Å². The van der Waals surface area contributed by atoms with Gasteiger partial charge in [0, 0.05) is 43.1 Å². The summed E-state index contributed by atoms with van der Waals surface area (Å²) in [6.07, 6.45) is 8.22. The smallest absolute Gasteiger partial charge is 0.239 e. The zero-order chi connectivity index (χ0) is 21.3. The van der Waals surface area contributed by atoms with Crippen molar-refractivity contribution in [2.24, 2.45) is 0 Å². The maximum Gasteiger partial charge on any atom is 0.239 e. The van der Waals surface area contributed by atoms with Gasteiger partial charge >= 0.3 is 0 Å². The lowest BCUT2D eigenvalue weighted by Gasteiger charge is -2.35. The number of fused-ring (bicyclic) bond motifs is 1. The molecule has 0 bridgehead atoms. The van der Waals surface area contributed by atoms with Gasteiger partial charge < -0.3 is 9.80 Å². The van der Waals surface area contributed by atoms with E-state index in [1.54, 1.807) is 0 Å². The molecule has 0 N–H and O–H groups in total. The molecule has 2 aromatic rings. The average molecular weight is 479 g/mol. The molecule has 1 aromatic heterocycles. The van der Waals surface area contributed by atoms with Crippen LogP contribution >= 0.6 is 34.9 Å². The fourth-order valence-electron chi connectivity index (χ4n) is 5.20. The van der Waals surface area contributed by atoms with Crippen LogP contribution < -0.4 is 4.90 Å². The van der Waals surface area contributed by atoms with Crippen LogP contribution in [0.25, 0.3) is 10.1 Å². The van der Waals surface area contributed by atoms with Crippen molar-refractivity contribution in [1.82, 2.24) is 14.2 Å². The van der Waals surface area contributed by atoms with Gasteiger partial charge in [0.1, 0.15) is 5.82 Å². The number of aromatic nitrogens is 1. The van der Waals surface area contributed by atoms with Crippen molar-refractivity contribution in [2.75, 3.05) is 50.0 Å². The number of unbranched alkanes of at least 4 members (excludes halogenated alkanes) is 1. The van der Waals surface area contributed by atoms with Gasteiger partial charge in [-0.2, -0.15) is 4.37 Å². The molecular weight excluding hydrogens is 448 g/mol. The van der Waals surface area contributed by atoms with Crippen LogP contribution in [0.3, 0.4) is 0 Å². The van der Waals surface area contributed by atoms with Crippen LogP contribution in [0.5, 0.6) is 0 Å². The highest BCUT2D eigenvalue weighted by molar-refractivity contribution is 8.01. The van der Waals surface area contributed by atoms with Crippen LogP contribution in [0.1, 0.15) is 44.9 Å². The van der Waals surface area contributed by atoms with Gasteiger partial charge in [-0.3, -0.25) is 9.69 Å². The van der Waals surface area contributed by atoms with Crippen LogP contribution in [0.4, 0.5) is 5.82 Å². The molecule has 1 aliphatic carbocycles. The van der Waals surface area contributed by atoms with Crippen LogP contribution in [0.2, 0.25) is 5.02 Å². The van der Waals surface area contributed by atoms with E-state index >= 15 is 0 Å². The van der Waals surface area contributed by atoms with E-state index in [9.17, 15) is 4.79 Å². The molecule has 0 atom stereocenters. The van der Waals surface area contributed by atoms with Gasteiger partial charge in [-0.15, -0.1) is 11.8 Å². The zero-order valence-electron chi connectivity index (χ0n) is 18.0. The summed E-state index contributed by atoms with van der Waals surface area (Å²) in [4.78, 5) is 20.0. The summed E-state index contributed by atoms with van der Waals surface area (Å²) in [5, 5.41) is 1.99. The molecule has 31 heavy (non-hydrogen) atoms. The Morgan fingerprint density at radius 1 is 1.03 bits per heavy atom. The number of halogens is 1. The minimum Gasteiger partial charge on any atom is -0.353 e. The maximum absolute atomic E-state index is 12.9. The summed E-state index contributed by atoms with van der Waals surface area (Å²) < 4.78 is 5.80. The number of rotatable bonds is 6. The molecule has 1 saturated carbocycles. The SMILES string of the molecule is O=C1N(CCCCN2CCN(c3nsc4cc(Cl)ccc34)CC2)CSC12CCCCC2. The van der Waals surface area contributed by atoms with E-state index in [1.165, 1.54) is 42.6 Å². The van der Waals surface area contributed by atoms with Crippen molar-refractivity contribution in [1.29, 1.82) is 0 Å². The Hall–Kier alpha value is -1.02. The van der Waals surface area contributed by atoms with E-state index in [-0.39, 0.29) is 4.75 Å². The van der Waals surface area contributed by atoms with Gasteiger partial charge in [0.2, 0.25) is 5.91 Å². The first kappa shape index (κ1) is 21.8. The van der Waals surface area contributed by atoms with Crippen molar-refractivity contribution in [3.63, 3.8) is 0 Å². The quantitative estimate of drug-likeness (QED) is 0.541. The van der Waals surface area contributed by atoms with Crippen LogP contribution in [0.15, 0.2) is 18.2 Å². The summed E-state index contributed by atoms with van der Waals surface area (Å²) in [6.45, 7) is 6.25. The largest absolute Gasteiger partial charge is 0.353 e. The molecule has 3 heterocycles. The molecule has 2 saturated heterocycles. The Labute approximate surface area is 198 Å². The van der Waals surface area contributed by atoms with Gasteiger partial charge in [0.05, 0.1) is 15.3 Å². The third-order valence-corrected chi connectivity index (χ3v) is 9.68. The Balaban J connectivity index is 1.05. The first-order valence-corrected chi connectivity index (χ1v) is 13.7. The topological polar surface area (TPSA) is 39.7 Å². The number of carbonyl (C=O) groups excluding carboxylic acids is 1. The predicted molar refractivity (Wildman–Crippen MR) is 133 cm³/mol. The van der Waals surface area contributed by atoms with Crippen LogP contribution in [-0.2, 0) is 4.79 Å². The highest BCUT2D eigenvalue weighted by Crippen LogP contribution is 2.46. The number of hydrogen-bond donors (Lipinski definition) is 0. The molecule has 5 nitrogen and oxygen atoms in total. The fourth-order valence-corrected chi connectivity index (χ4v) is 7.76. The molecule has 2 aliphatic heterocycles. The maximum atomic E-state index is 12.9. The number of nitrogens with zero attached hydrogens (tertiary/aromatic N) is 4. The van der Waals surface area contributed by atoms with Crippen molar-refractivity contribution in [3.8, 4) is 0 Å². The lowest BCUT2D eigenvalue weighted by atomic mass is 9.87. The van der Waals surface area contributed by atoms with E-state index in [4.69, 9.17) is 16.0 Å². The lowest BCUT2D eigenvalue weighted by molar-refractivity contribution is -0.132. The van der Waals surface area contributed by atoms with Crippen molar-refractivity contribution >= 4 is 56.7 Å². The number of hydrogen-bond acceptors (Lipinski definition) is 6. The lowest BCUT2D eigenvalue weighted by Crippen LogP contribution is -2.47. The first-order chi connectivity index (χ1) is 15.1.